The predicted octanol–water partition coefficient (Wildman–Crippen LogP) is 2.78. The fourth-order valence-electron chi connectivity index (χ4n) is 4.41. The molecule has 0 unspecified atom stereocenters. The van der Waals surface area contributed by atoms with Gasteiger partial charge in [0.05, 0.1) is 11.8 Å². The van der Waals surface area contributed by atoms with Crippen molar-refractivity contribution in [1.82, 2.24) is 15.0 Å². The molecule has 1 amide bonds. The number of fused-ring (bicyclic) bond motifs is 3. The number of hydrazone groups is 1. The summed E-state index contributed by atoms with van der Waals surface area (Å²) in [4.78, 5) is 28.8. The largest absolute Gasteiger partial charge is 0.288 e. The average molecular weight is 358 g/mol. The van der Waals surface area contributed by atoms with E-state index in [1.165, 1.54) is 28.7 Å². The van der Waals surface area contributed by atoms with Crippen LogP contribution < -0.4 is 11.0 Å². The Morgan fingerprint density at radius 1 is 1.48 bits per heavy atom. The molecule has 2 aliphatic carbocycles. The highest BCUT2D eigenvalue weighted by atomic mass is 32.1. The molecule has 2 aromatic heterocycles. The topological polar surface area (TPSA) is 76.3 Å². The van der Waals surface area contributed by atoms with Crippen LogP contribution in [0.4, 0.5) is 0 Å². The standard InChI is InChI=1S/C18H22N4O2S/c1-17(2)11-4-6-18(17,3)13(8-11)20-21-14(23)9-22-10-19-12-5-7-25-15(12)16(22)24/h5,7,10-11H,4,6,8-9H2,1-3H3,(H,21,23)/t11-,18+/m0/s1. The summed E-state index contributed by atoms with van der Waals surface area (Å²) in [6.45, 7) is 6.79. The highest BCUT2D eigenvalue weighted by Crippen LogP contribution is 2.63. The average Bonchev–Trinajstić information content (AvgIpc) is 3.18. The zero-order chi connectivity index (χ0) is 17.8. The molecule has 2 heterocycles. The van der Waals surface area contributed by atoms with E-state index in [-0.39, 0.29) is 28.8 Å². The van der Waals surface area contributed by atoms with Crippen molar-refractivity contribution in [3.63, 3.8) is 0 Å². The van der Waals surface area contributed by atoms with Crippen molar-refractivity contribution >= 4 is 33.2 Å². The molecule has 0 saturated heterocycles. The number of nitrogens with zero attached hydrogens (tertiary/aromatic N) is 3. The van der Waals surface area contributed by atoms with Crippen molar-refractivity contribution in [2.45, 2.75) is 46.6 Å². The van der Waals surface area contributed by atoms with Crippen LogP contribution in [0.15, 0.2) is 27.7 Å². The highest BCUT2D eigenvalue weighted by Gasteiger charge is 2.59. The number of amides is 1. The number of carbonyl (C=O) groups excluding carboxylic acids is 1. The lowest BCUT2D eigenvalue weighted by atomic mass is 9.70. The zero-order valence-corrected chi connectivity index (χ0v) is 15.5. The van der Waals surface area contributed by atoms with E-state index in [0.29, 0.717) is 16.1 Å². The number of thiophene rings is 1. The minimum atomic E-state index is -0.295. The van der Waals surface area contributed by atoms with Gasteiger partial charge >= 0.3 is 0 Å². The van der Waals surface area contributed by atoms with E-state index in [2.05, 4.69) is 36.3 Å². The molecule has 2 aliphatic rings. The van der Waals surface area contributed by atoms with Crippen molar-refractivity contribution in [3.8, 4) is 0 Å². The van der Waals surface area contributed by atoms with Crippen LogP contribution in [0.3, 0.4) is 0 Å². The second-order valence-corrected chi connectivity index (χ2v) is 8.82. The van der Waals surface area contributed by atoms with Gasteiger partial charge in [0.1, 0.15) is 11.2 Å². The zero-order valence-electron chi connectivity index (χ0n) is 14.7. The Morgan fingerprint density at radius 2 is 2.28 bits per heavy atom. The molecule has 132 valence electrons. The summed E-state index contributed by atoms with van der Waals surface area (Å²) in [5.41, 5.74) is 4.50. The predicted molar refractivity (Wildman–Crippen MR) is 98.7 cm³/mol. The Labute approximate surface area is 150 Å². The number of rotatable bonds is 3. The molecule has 4 rings (SSSR count). The van der Waals surface area contributed by atoms with Crippen LogP contribution in [0.5, 0.6) is 0 Å². The van der Waals surface area contributed by atoms with E-state index in [1.54, 1.807) is 6.07 Å². The van der Waals surface area contributed by atoms with Crippen LogP contribution in [-0.4, -0.2) is 21.2 Å². The minimum Gasteiger partial charge on any atom is -0.288 e. The van der Waals surface area contributed by atoms with Crippen molar-refractivity contribution in [2.75, 3.05) is 0 Å². The van der Waals surface area contributed by atoms with Crippen molar-refractivity contribution < 1.29 is 4.79 Å². The van der Waals surface area contributed by atoms with Crippen LogP contribution in [0, 0.1) is 16.7 Å². The summed E-state index contributed by atoms with van der Waals surface area (Å²) in [6.07, 6.45) is 4.73. The van der Waals surface area contributed by atoms with Gasteiger partial charge in [0, 0.05) is 11.1 Å². The van der Waals surface area contributed by atoms with E-state index in [4.69, 9.17) is 0 Å². The van der Waals surface area contributed by atoms with Gasteiger partial charge in [-0.2, -0.15) is 5.10 Å². The fraction of sp³-hybridized carbons (Fsp3) is 0.556. The van der Waals surface area contributed by atoms with Crippen LogP contribution in [0.1, 0.15) is 40.0 Å². The number of nitrogens with one attached hydrogen (secondary N) is 1. The monoisotopic (exact) mass is 358 g/mol. The first-order valence-corrected chi connectivity index (χ1v) is 9.49. The first-order valence-electron chi connectivity index (χ1n) is 8.61. The Balaban J connectivity index is 1.50. The summed E-state index contributed by atoms with van der Waals surface area (Å²) in [5, 5.41) is 6.26. The molecule has 6 nitrogen and oxygen atoms in total. The molecule has 1 N–H and O–H groups in total. The van der Waals surface area contributed by atoms with E-state index < -0.39 is 0 Å². The van der Waals surface area contributed by atoms with Gasteiger partial charge in [0.25, 0.3) is 11.5 Å². The van der Waals surface area contributed by atoms with Crippen molar-refractivity contribution in [3.05, 3.63) is 28.1 Å². The maximum absolute atomic E-state index is 12.3. The van der Waals surface area contributed by atoms with Gasteiger partial charge in [0.2, 0.25) is 0 Å². The molecule has 0 spiro atoms. The lowest BCUT2D eigenvalue weighted by Crippen LogP contribution is -2.35. The van der Waals surface area contributed by atoms with Gasteiger partial charge < -0.3 is 0 Å². The van der Waals surface area contributed by atoms with E-state index >= 15 is 0 Å². The van der Waals surface area contributed by atoms with E-state index in [9.17, 15) is 9.59 Å². The van der Waals surface area contributed by atoms with Crippen LogP contribution in [0.25, 0.3) is 10.2 Å². The first-order chi connectivity index (χ1) is 11.8. The Kier molecular flexibility index (Phi) is 3.61. The molecule has 2 fully saturated rings. The Bertz CT molecular complexity index is 942. The highest BCUT2D eigenvalue weighted by molar-refractivity contribution is 7.17. The Hall–Kier alpha value is -2.02. The first kappa shape index (κ1) is 16.4. The van der Waals surface area contributed by atoms with Gasteiger partial charge in [-0.1, -0.05) is 20.8 Å². The molecular formula is C18H22N4O2S. The maximum atomic E-state index is 12.3. The molecular weight excluding hydrogens is 336 g/mol. The second-order valence-electron chi connectivity index (χ2n) is 7.90. The molecule has 2 aromatic rings. The van der Waals surface area contributed by atoms with Crippen LogP contribution >= 0.6 is 11.3 Å². The maximum Gasteiger partial charge on any atom is 0.271 e. The van der Waals surface area contributed by atoms with Crippen molar-refractivity contribution in [2.24, 2.45) is 21.8 Å². The quantitative estimate of drug-likeness (QED) is 0.857. The lowest BCUT2D eigenvalue weighted by molar-refractivity contribution is -0.121. The summed E-state index contributed by atoms with van der Waals surface area (Å²) in [7, 11) is 0. The second kappa shape index (κ2) is 5.49. The molecule has 2 saturated carbocycles. The number of aromatic nitrogens is 2. The summed E-state index contributed by atoms with van der Waals surface area (Å²) < 4.78 is 1.91. The van der Waals surface area contributed by atoms with Crippen LogP contribution in [0.2, 0.25) is 0 Å². The molecule has 2 bridgehead atoms. The molecule has 2 atom stereocenters. The van der Waals surface area contributed by atoms with Gasteiger partial charge in [-0.3, -0.25) is 14.2 Å². The lowest BCUT2D eigenvalue weighted by Gasteiger charge is -2.34. The molecule has 0 aromatic carbocycles. The number of carbonyl (C=O) groups is 1. The van der Waals surface area contributed by atoms with Crippen molar-refractivity contribution in [1.29, 1.82) is 0 Å². The summed E-state index contributed by atoms with van der Waals surface area (Å²) in [6, 6.07) is 1.80. The number of hydrogen-bond acceptors (Lipinski definition) is 5. The normalized spacial score (nSPS) is 28.8. The van der Waals surface area contributed by atoms with Gasteiger partial charge in [-0.05, 0) is 42.0 Å². The number of hydrogen-bond donors (Lipinski definition) is 1. The molecule has 7 heteroatoms. The fourth-order valence-corrected chi connectivity index (χ4v) is 5.20. The van der Waals surface area contributed by atoms with Gasteiger partial charge in [0.15, 0.2) is 0 Å². The SMILES string of the molecule is CC1(C)[C@H]2CC[C@]1(C)C(=NNC(=O)Cn1cnc3ccsc3c1=O)C2. The summed E-state index contributed by atoms with van der Waals surface area (Å²) >= 11 is 1.34. The third-order valence-corrected chi connectivity index (χ3v) is 7.47. The summed E-state index contributed by atoms with van der Waals surface area (Å²) in [5.74, 6) is 0.345. The van der Waals surface area contributed by atoms with Gasteiger partial charge in [-0.15, -0.1) is 11.3 Å². The van der Waals surface area contributed by atoms with Gasteiger partial charge in [-0.25, -0.2) is 10.4 Å². The minimum absolute atomic E-state index is 0.0548. The third kappa shape index (κ3) is 2.36. The molecule has 0 radical (unpaired) electrons. The Morgan fingerprint density at radius 3 is 2.96 bits per heavy atom. The molecule has 0 aliphatic heterocycles. The van der Waals surface area contributed by atoms with E-state index in [0.717, 1.165) is 18.6 Å². The third-order valence-electron chi connectivity index (χ3n) is 6.58. The van der Waals surface area contributed by atoms with E-state index in [1.807, 2.05) is 5.38 Å². The molecule has 25 heavy (non-hydrogen) atoms. The van der Waals surface area contributed by atoms with Crippen LogP contribution in [-0.2, 0) is 11.3 Å². The smallest absolute Gasteiger partial charge is 0.271 e.